The van der Waals surface area contributed by atoms with Gasteiger partial charge in [-0.2, -0.15) is 0 Å². The molecule has 0 bridgehead atoms. The van der Waals surface area contributed by atoms with E-state index in [2.05, 4.69) is 28.1 Å². The van der Waals surface area contributed by atoms with Crippen LogP contribution in [-0.4, -0.2) is 43.3 Å². The number of ether oxygens (including phenoxy) is 2. The second-order valence-corrected chi connectivity index (χ2v) is 6.37. The van der Waals surface area contributed by atoms with Crippen molar-refractivity contribution in [1.29, 1.82) is 0 Å². The summed E-state index contributed by atoms with van der Waals surface area (Å²) in [5, 5.41) is 0. The maximum absolute atomic E-state index is 12.6. The highest BCUT2D eigenvalue weighted by atomic mass is 79.9. The quantitative estimate of drug-likeness (QED) is 0.689. The molecule has 1 aromatic carbocycles. The molecule has 1 aliphatic heterocycles. The number of nitrogens with zero attached hydrogens (tertiary/aromatic N) is 1. The molecule has 1 aromatic rings. The number of carbonyl (C=O) groups is 1. The fraction of sp³-hybridized carbons (Fsp3) is 0.588. The first-order chi connectivity index (χ1) is 10.6. The second-order valence-electron chi connectivity index (χ2n) is 5.45. The Morgan fingerprint density at radius 3 is 3.00 bits per heavy atom. The summed E-state index contributed by atoms with van der Waals surface area (Å²) in [4.78, 5) is 14.6. The Bertz CT molecular complexity index is 495. The predicted octanol–water partition coefficient (Wildman–Crippen LogP) is 3.55. The molecule has 0 N–H and O–H groups in total. The van der Waals surface area contributed by atoms with Crippen LogP contribution in [0.1, 0.15) is 38.3 Å². The van der Waals surface area contributed by atoms with Crippen molar-refractivity contribution in [2.45, 2.75) is 38.8 Å². The third-order valence-corrected chi connectivity index (χ3v) is 4.41. The highest BCUT2D eigenvalue weighted by molar-refractivity contribution is 9.10. The van der Waals surface area contributed by atoms with Crippen molar-refractivity contribution in [3.8, 4) is 0 Å². The summed E-state index contributed by atoms with van der Waals surface area (Å²) >= 11 is 3.50. The van der Waals surface area contributed by atoms with Crippen LogP contribution in [0.25, 0.3) is 0 Å². The van der Waals surface area contributed by atoms with Gasteiger partial charge in [0, 0.05) is 17.6 Å². The molecule has 22 heavy (non-hydrogen) atoms. The number of hydrogen-bond donors (Lipinski definition) is 0. The lowest BCUT2D eigenvalue weighted by Crippen LogP contribution is -2.39. The maximum Gasteiger partial charge on any atom is 0.251 e. The Morgan fingerprint density at radius 1 is 1.45 bits per heavy atom. The first-order valence-electron chi connectivity index (χ1n) is 7.88. The van der Waals surface area contributed by atoms with Gasteiger partial charge >= 0.3 is 0 Å². The second kappa shape index (κ2) is 8.65. The van der Waals surface area contributed by atoms with Crippen LogP contribution in [0.15, 0.2) is 28.7 Å². The number of carbonyl (C=O) groups excluding carboxylic acids is 1. The third kappa shape index (κ3) is 4.54. The monoisotopic (exact) mass is 369 g/mol. The van der Waals surface area contributed by atoms with Crippen LogP contribution in [0.2, 0.25) is 0 Å². The molecule has 0 aromatic heterocycles. The number of amides is 1. The van der Waals surface area contributed by atoms with Crippen molar-refractivity contribution < 1.29 is 14.3 Å². The van der Waals surface area contributed by atoms with E-state index in [9.17, 15) is 4.79 Å². The highest BCUT2D eigenvalue weighted by Gasteiger charge is 2.32. The van der Waals surface area contributed by atoms with Gasteiger partial charge in [-0.25, -0.2) is 0 Å². The molecule has 4 nitrogen and oxygen atoms in total. The summed E-state index contributed by atoms with van der Waals surface area (Å²) in [7, 11) is 0. The van der Waals surface area contributed by atoms with E-state index >= 15 is 0 Å². The zero-order valence-electron chi connectivity index (χ0n) is 13.3. The molecular weight excluding hydrogens is 346 g/mol. The van der Waals surface area contributed by atoms with E-state index in [-0.39, 0.29) is 11.9 Å². The van der Waals surface area contributed by atoms with Gasteiger partial charge in [0.15, 0.2) is 0 Å². The zero-order valence-corrected chi connectivity index (χ0v) is 14.8. The fourth-order valence-electron chi connectivity index (χ4n) is 2.82. The van der Waals surface area contributed by atoms with Gasteiger partial charge in [-0.1, -0.05) is 28.1 Å². The normalized spacial score (nSPS) is 19.4. The molecule has 0 radical (unpaired) electrons. The topological polar surface area (TPSA) is 38.8 Å². The molecule has 2 atom stereocenters. The van der Waals surface area contributed by atoms with Gasteiger partial charge < -0.3 is 14.4 Å². The Balaban J connectivity index is 1.96. The average molecular weight is 370 g/mol. The molecule has 1 fully saturated rings. The fourth-order valence-corrected chi connectivity index (χ4v) is 3.24. The predicted molar refractivity (Wildman–Crippen MR) is 89.7 cm³/mol. The van der Waals surface area contributed by atoms with Crippen molar-refractivity contribution >= 4 is 21.8 Å². The summed E-state index contributed by atoms with van der Waals surface area (Å²) in [5.74, 6) is 0.0685. The molecule has 1 aliphatic rings. The lowest BCUT2D eigenvalue weighted by molar-refractivity contribution is -0.144. The smallest absolute Gasteiger partial charge is 0.251 e. The van der Waals surface area contributed by atoms with Gasteiger partial charge in [-0.3, -0.25) is 4.79 Å². The molecule has 2 rings (SSSR count). The van der Waals surface area contributed by atoms with Gasteiger partial charge in [-0.15, -0.1) is 0 Å². The van der Waals surface area contributed by atoms with Crippen LogP contribution < -0.4 is 0 Å². The molecule has 2 unspecified atom stereocenters. The zero-order chi connectivity index (χ0) is 15.9. The van der Waals surface area contributed by atoms with Crippen LogP contribution >= 0.6 is 15.9 Å². The molecule has 0 saturated carbocycles. The van der Waals surface area contributed by atoms with E-state index in [0.29, 0.717) is 19.8 Å². The van der Waals surface area contributed by atoms with Crippen molar-refractivity contribution in [1.82, 2.24) is 4.90 Å². The first kappa shape index (κ1) is 17.4. The minimum absolute atomic E-state index is 0.0685. The van der Waals surface area contributed by atoms with E-state index in [1.807, 2.05) is 30.9 Å². The van der Waals surface area contributed by atoms with Crippen LogP contribution in [0.3, 0.4) is 0 Å². The SMILES string of the molecule is CCOCCOC(C)C(=O)N1CCCC1c1cccc(Br)c1. The molecule has 0 spiro atoms. The standard InChI is InChI=1S/C17H24BrNO3/c1-3-21-10-11-22-13(2)17(20)19-9-5-8-16(19)14-6-4-7-15(18)12-14/h4,6-7,12-13,16H,3,5,8-11H2,1-2H3. The Kier molecular flexibility index (Phi) is 6.86. The van der Waals surface area contributed by atoms with Gasteiger partial charge in [0.1, 0.15) is 6.10 Å². The maximum atomic E-state index is 12.6. The number of benzene rings is 1. The van der Waals surface area contributed by atoms with Gasteiger partial charge in [0.25, 0.3) is 5.91 Å². The van der Waals surface area contributed by atoms with Crippen molar-refractivity contribution in [2.75, 3.05) is 26.4 Å². The summed E-state index contributed by atoms with van der Waals surface area (Å²) in [5.41, 5.74) is 1.18. The van der Waals surface area contributed by atoms with Crippen LogP contribution in [0, 0.1) is 0 Å². The molecule has 1 saturated heterocycles. The number of likely N-dealkylation sites (tertiary alicyclic amines) is 1. The molecule has 122 valence electrons. The molecular formula is C17H24BrNO3. The first-order valence-corrected chi connectivity index (χ1v) is 8.68. The van der Waals surface area contributed by atoms with Gasteiger partial charge in [-0.05, 0) is 44.4 Å². The molecule has 0 aliphatic carbocycles. The number of halogens is 1. The molecule has 1 heterocycles. The minimum atomic E-state index is -0.423. The number of rotatable bonds is 7. The van der Waals surface area contributed by atoms with Crippen molar-refractivity contribution in [3.63, 3.8) is 0 Å². The minimum Gasteiger partial charge on any atom is -0.379 e. The van der Waals surface area contributed by atoms with Crippen LogP contribution in [-0.2, 0) is 14.3 Å². The third-order valence-electron chi connectivity index (χ3n) is 3.92. The van der Waals surface area contributed by atoms with E-state index in [1.165, 1.54) is 5.56 Å². The van der Waals surface area contributed by atoms with E-state index in [4.69, 9.17) is 9.47 Å². The van der Waals surface area contributed by atoms with Crippen LogP contribution in [0.4, 0.5) is 0 Å². The van der Waals surface area contributed by atoms with E-state index in [1.54, 1.807) is 0 Å². The number of hydrogen-bond acceptors (Lipinski definition) is 3. The Hall–Kier alpha value is -0.910. The largest absolute Gasteiger partial charge is 0.379 e. The molecule has 1 amide bonds. The average Bonchev–Trinajstić information content (AvgIpc) is 3.00. The lowest BCUT2D eigenvalue weighted by Gasteiger charge is -2.28. The highest BCUT2D eigenvalue weighted by Crippen LogP contribution is 2.33. The van der Waals surface area contributed by atoms with Gasteiger partial charge in [0.05, 0.1) is 19.3 Å². The van der Waals surface area contributed by atoms with E-state index in [0.717, 1.165) is 23.9 Å². The Morgan fingerprint density at radius 2 is 2.27 bits per heavy atom. The lowest BCUT2D eigenvalue weighted by atomic mass is 10.0. The van der Waals surface area contributed by atoms with Crippen molar-refractivity contribution in [3.05, 3.63) is 34.3 Å². The van der Waals surface area contributed by atoms with Crippen molar-refractivity contribution in [2.24, 2.45) is 0 Å². The summed E-state index contributed by atoms with van der Waals surface area (Å²) in [6.45, 7) is 6.23. The van der Waals surface area contributed by atoms with Gasteiger partial charge in [0.2, 0.25) is 0 Å². The Labute approximate surface area is 140 Å². The van der Waals surface area contributed by atoms with E-state index < -0.39 is 6.10 Å². The van der Waals surface area contributed by atoms with Crippen LogP contribution in [0.5, 0.6) is 0 Å². The summed E-state index contributed by atoms with van der Waals surface area (Å²) < 4.78 is 11.9. The summed E-state index contributed by atoms with van der Waals surface area (Å²) in [6.07, 6.45) is 1.62. The summed E-state index contributed by atoms with van der Waals surface area (Å²) in [6, 6.07) is 8.35. The molecule has 5 heteroatoms.